The average molecular weight is 460 g/mol. The number of aryl methyl sites for hydroxylation is 1. The van der Waals surface area contributed by atoms with E-state index < -0.39 is 6.04 Å². The third-order valence-corrected chi connectivity index (χ3v) is 5.86. The average Bonchev–Trinajstić information content (AvgIpc) is 2.83. The zero-order valence-corrected chi connectivity index (χ0v) is 18.6. The zero-order chi connectivity index (χ0) is 23.4. The number of nitrogens with zero attached hydrogens (tertiary/aromatic N) is 1. The molecule has 4 rings (SSSR count). The number of carbonyl (C=O) groups excluding carboxylic acids is 2. The second-order valence-corrected chi connectivity index (χ2v) is 8.17. The highest BCUT2D eigenvalue weighted by Crippen LogP contribution is 2.23. The molecule has 3 N–H and O–H groups in total. The van der Waals surface area contributed by atoms with Crippen LogP contribution in [0, 0.1) is 6.92 Å². The van der Waals surface area contributed by atoms with Crippen LogP contribution in [0.2, 0.25) is 5.02 Å². The standard InChI is InChI=1S/C26H22ClN3O3/c1-16-11-12-18(14-21(16)27)28-26(32)24(13-17-7-3-2-4-8-17)29-23-15-22(30-33)19-9-5-6-10-20(19)25(23)31/h2-12,14-15,24,29,33H,13H2,1H3,(H,28,32). The smallest absolute Gasteiger partial charge is 0.247 e. The predicted octanol–water partition coefficient (Wildman–Crippen LogP) is 4.75. The third kappa shape index (κ3) is 4.96. The lowest BCUT2D eigenvalue weighted by Crippen LogP contribution is -2.44. The molecule has 0 bridgehead atoms. The van der Waals surface area contributed by atoms with E-state index in [0.717, 1.165) is 11.1 Å². The van der Waals surface area contributed by atoms with Gasteiger partial charge in [-0.3, -0.25) is 9.59 Å². The van der Waals surface area contributed by atoms with Crippen LogP contribution in [0.5, 0.6) is 0 Å². The number of allylic oxidation sites excluding steroid dienone is 2. The summed E-state index contributed by atoms with van der Waals surface area (Å²) in [6, 6.07) is 20.9. The van der Waals surface area contributed by atoms with E-state index in [1.807, 2.05) is 43.3 Å². The Kier molecular flexibility index (Phi) is 6.56. The monoisotopic (exact) mass is 459 g/mol. The quantitative estimate of drug-likeness (QED) is 0.366. The summed E-state index contributed by atoms with van der Waals surface area (Å²) >= 11 is 6.20. The number of nitrogens with one attached hydrogen (secondary N) is 2. The first-order valence-corrected chi connectivity index (χ1v) is 10.8. The van der Waals surface area contributed by atoms with Crippen LogP contribution in [0.25, 0.3) is 0 Å². The molecule has 166 valence electrons. The van der Waals surface area contributed by atoms with Crippen molar-refractivity contribution < 1.29 is 14.8 Å². The van der Waals surface area contributed by atoms with E-state index in [9.17, 15) is 14.8 Å². The normalized spacial score (nSPS) is 14.9. The summed E-state index contributed by atoms with van der Waals surface area (Å²) in [6.07, 6.45) is 1.79. The van der Waals surface area contributed by atoms with Crippen LogP contribution in [-0.4, -0.2) is 28.7 Å². The molecule has 7 heteroatoms. The van der Waals surface area contributed by atoms with E-state index in [2.05, 4.69) is 15.8 Å². The Bertz CT molecular complexity index is 1270. The van der Waals surface area contributed by atoms with Crippen molar-refractivity contribution >= 4 is 34.7 Å². The Labute approximate surface area is 196 Å². The second kappa shape index (κ2) is 9.71. The maximum Gasteiger partial charge on any atom is 0.247 e. The highest BCUT2D eigenvalue weighted by atomic mass is 35.5. The van der Waals surface area contributed by atoms with E-state index in [1.165, 1.54) is 6.08 Å². The number of fused-ring (bicyclic) bond motifs is 1. The van der Waals surface area contributed by atoms with Gasteiger partial charge in [-0.1, -0.05) is 77.4 Å². The molecule has 0 saturated heterocycles. The molecule has 1 aliphatic rings. The summed E-state index contributed by atoms with van der Waals surface area (Å²) in [5.41, 5.74) is 3.75. The number of ketones is 1. The molecular weight excluding hydrogens is 438 g/mol. The van der Waals surface area contributed by atoms with Gasteiger partial charge in [-0.25, -0.2) is 0 Å². The number of amides is 1. The number of carbonyl (C=O) groups is 2. The van der Waals surface area contributed by atoms with Crippen LogP contribution in [0.15, 0.2) is 89.7 Å². The molecule has 3 aromatic rings. The first-order chi connectivity index (χ1) is 16.0. The van der Waals surface area contributed by atoms with E-state index >= 15 is 0 Å². The van der Waals surface area contributed by atoms with Crippen LogP contribution in [-0.2, 0) is 11.2 Å². The van der Waals surface area contributed by atoms with Gasteiger partial charge in [-0.05, 0) is 36.3 Å². The minimum atomic E-state index is -0.770. The van der Waals surface area contributed by atoms with Crippen molar-refractivity contribution in [3.05, 3.63) is 112 Å². The van der Waals surface area contributed by atoms with Gasteiger partial charge >= 0.3 is 0 Å². The molecule has 0 aromatic heterocycles. The van der Waals surface area contributed by atoms with Gasteiger partial charge in [0.25, 0.3) is 0 Å². The maximum atomic E-state index is 13.3. The fraction of sp³-hybridized carbons (Fsp3) is 0.115. The van der Waals surface area contributed by atoms with Crippen molar-refractivity contribution in [2.45, 2.75) is 19.4 Å². The second-order valence-electron chi connectivity index (χ2n) is 7.76. The van der Waals surface area contributed by atoms with Crippen LogP contribution in [0.3, 0.4) is 0 Å². The molecule has 0 heterocycles. The summed E-state index contributed by atoms with van der Waals surface area (Å²) in [4.78, 5) is 26.4. The number of Topliss-reactive ketones (excluding diaryl/α,β-unsaturated/α-hetero) is 1. The fourth-order valence-electron chi connectivity index (χ4n) is 3.67. The summed E-state index contributed by atoms with van der Waals surface area (Å²) in [7, 11) is 0. The van der Waals surface area contributed by atoms with Gasteiger partial charge in [0, 0.05) is 28.3 Å². The first-order valence-electron chi connectivity index (χ1n) is 10.4. The number of rotatable bonds is 6. The molecule has 1 aliphatic carbocycles. The van der Waals surface area contributed by atoms with Crippen molar-refractivity contribution in [3.63, 3.8) is 0 Å². The number of oxime groups is 1. The summed E-state index contributed by atoms with van der Waals surface area (Å²) in [5.74, 6) is -0.601. The zero-order valence-electron chi connectivity index (χ0n) is 17.9. The predicted molar refractivity (Wildman–Crippen MR) is 129 cm³/mol. The van der Waals surface area contributed by atoms with Gasteiger partial charge in [0.2, 0.25) is 11.7 Å². The Hall–Kier alpha value is -3.90. The minimum Gasteiger partial charge on any atom is -0.410 e. The number of benzene rings is 3. The molecule has 0 saturated carbocycles. The summed E-state index contributed by atoms with van der Waals surface area (Å²) in [6.45, 7) is 1.88. The van der Waals surface area contributed by atoms with E-state index in [0.29, 0.717) is 28.3 Å². The molecule has 6 nitrogen and oxygen atoms in total. The van der Waals surface area contributed by atoms with Gasteiger partial charge in [-0.2, -0.15) is 0 Å². The SMILES string of the molecule is Cc1ccc(NC(=O)C(Cc2ccccc2)NC2=CC(=NO)c3ccccc3C2=O)cc1Cl. The van der Waals surface area contributed by atoms with Crippen molar-refractivity contribution in [1.82, 2.24) is 5.32 Å². The van der Waals surface area contributed by atoms with Crippen molar-refractivity contribution in [2.75, 3.05) is 5.32 Å². The molecule has 33 heavy (non-hydrogen) atoms. The Balaban J connectivity index is 1.63. The van der Waals surface area contributed by atoms with Crippen LogP contribution >= 0.6 is 11.6 Å². The van der Waals surface area contributed by atoms with Gasteiger partial charge in [0.05, 0.1) is 5.70 Å². The molecule has 0 radical (unpaired) electrons. The van der Waals surface area contributed by atoms with E-state index in [4.69, 9.17) is 11.6 Å². The Morgan fingerprint density at radius 1 is 1.03 bits per heavy atom. The van der Waals surface area contributed by atoms with Crippen LogP contribution in [0.1, 0.15) is 27.0 Å². The van der Waals surface area contributed by atoms with Gasteiger partial charge in [-0.15, -0.1) is 0 Å². The van der Waals surface area contributed by atoms with Crippen molar-refractivity contribution in [3.8, 4) is 0 Å². The Morgan fingerprint density at radius 2 is 1.73 bits per heavy atom. The molecule has 1 unspecified atom stereocenters. The first kappa shape index (κ1) is 22.3. The molecule has 1 amide bonds. The molecule has 3 aromatic carbocycles. The van der Waals surface area contributed by atoms with E-state index in [-0.39, 0.29) is 23.1 Å². The highest BCUT2D eigenvalue weighted by Gasteiger charge is 2.28. The van der Waals surface area contributed by atoms with Crippen LogP contribution in [0.4, 0.5) is 5.69 Å². The number of hydrogen-bond acceptors (Lipinski definition) is 5. The molecule has 0 aliphatic heterocycles. The van der Waals surface area contributed by atoms with E-state index in [1.54, 1.807) is 36.4 Å². The third-order valence-electron chi connectivity index (χ3n) is 5.45. The fourth-order valence-corrected chi connectivity index (χ4v) is 3.85. The van der Waals surface area contributed by atoms with Gasteiger partial charge in [0.1, 0.15) is 11.8 Å². The molecule has 1 atom stereocenters. The molecular formula is C26H22ClN3O3. The largest absolute Gasteiger partial charge is 0.410 e. The minimum absolute atomic E-state index is 0.180. The Morgan fingerprint density at radius 3 is 2.42 bits per heavy atom. The summed E-state index contributed by atoms with van der Waals surface area (Å²) < 4.78 is 0. The number of halogens is 1. The van der Waals surface area contributed by atoms with Crippen LogP contribution < -0.4 is 10.6 Å². The molecule has 0 fully saturated rings. The van der Waals surface area contributed by atoms with Gasteiger partial charge < -0.3 is 15.8 Å². The maximum absolute atomic E-state index is 13.3. The number of hydrogen-bond donors (Lipinski definition) is 3. The molecule has 0 spiro atoms. The topological polar surface area (TPSA) is 90.8 Å². The number of anilines is 1. The summed E-state index contributed by atoms with van der Waals surface area (Å²) in [5, 5.41) is 19.3. The van der Waals surface area contributed by atoms with Gasteiger partial charge in [0.15, 0.2) is 0 Å². The highest BCUT2D eigenvalue weighted by molar-refractivity contribution is 6.31. The lowest BCUT2D eigenvalue weighted by Gasteiger charge is -2.24. The van der Waals surface area contributed by atoms with Crippen molar-refractivity contribution in [2.24, 2.45) is 5.16 Å². The van der Waals surface area contributed by atoms with Crippen molar-refractivity contribution in [1.29, 1.82) is 0 Å². The lowest BCUT2D eigenvalue weighted by atomic mass is 9.91. The lowest BCUT2D eigenvalue weighted by molar-refractivity contribution is -0.117.